The number of nitrogens with two attached hydrogens (primary N) is 1. The Morgan fingerprint density at radius 2 is 2.06 bits per heavy atom. The third-order valence-electron chi connectivity index (χ3n) is 2.45. The Morgan fingerprint density at radius 3 is 2.72 bits per heavy atom. The molecule has 6 heteroatoms. The SMILES string of the molecule is Nc1onc(-c2ccc(Cl)o2)c1-c1ccccn1. The van der Waals surface area contributed by atoms with Gasteiger partial charge < -0.3 is 14.7 Å². The predicted molar refractivity (Wildman–Crippen MR) is 66.9 cm³/mol. The van der Waals surface area contributed by atoms with E-state index in [-0.39, 0.29) is 11.1 Å². The number of aromatic nitrogens is 2. The first-order chi connectivity index (χ1) is 8.75. The summed E-state index contributed by atoms with van der Waals surface area (Å²) in [5.41, 5.74) is 7.52. The maximum absolute atomic E-state index is 5.77. The van der Waals surface area contributed by atoms with Gasteiger partial charge in [-0.3, -0.25) is 4.98 Å². The molecule has 0 atom stereocenters. The van der Waals surface area contributed by atoms with Crippen molar-refractivity contribution in [3.8, 4) is 22.7 Å². The summed E-state index contributed by atoms with van der Waals surface area (Å²) in [5, 5.41) is 4.16. The van der Waals surface area contributed by atoms with E-state index < -0.39 is 0 Å². The molecule has 18 heavy (non-hydrogen) atoms. The van der Waals surface area contributed by atoms with Crippen molar-refractivity contribution in [3.05, 3.63) is 41.7 Å². The van der Waals surface area contributed by atoms with Crippen molar-refractivity contribution in [2.24, 2.45) is 0 Å². The molecule has 0 spiro atoms. The molecule has 0 aliphatic heterocycles. The average Bonchev–Trinajstić information content (AvgIpc) is 2.96. The maximum atomic E-state index is 5.77. The lowest BCUT2D eigenvalue weighted by molar-refractivity contribution is 0.436. The fourth-order valence-corrected chi connectivity index (χ4v) is 1.82. The highest BCUT2D eigenvalue weighted by atomic mass is 35.5. The molecule has 0 aliphatic rings. The van der Waals surface area contributed by atoms with E-state index in [2.05, 4.69) is 10.1 Å². The van der Waals surface area contributed by atoms with Gasteiger partial charge in [0.25, 0.3) is 0 Å². The summed E-state index contributed by atoms with van der Waals surface area (Å²) in [6, 6.07) is 8.82. The number of rotatable bonds is 2. The van der Waals surface area contributed by atoms with Crippen molar-refractivity contribution in [1.82, 2.24) is 10.1 Å². The van der Waals surface area contributed by atoms with Crippen LogP contribution in [0, 0.1) is 0 Å². The first-order valence-corrected chi connectivity index (χ1v) is 5.56. The number of nitrogens with zero attached hydrogens (tertiary/aromatic N) is 2. The monoisotopic (exact) mass is 261 g/mol. The van der Waals surface area contributed by atoms with E-state index in [4.69, 9.17) is 26.3 Å². The summed E-state index contributed by atoms with van der Waals surface area (Å²) in [6.07, 6.45) is 1.67. The zero-order chi connectivity index (χ0) is 12.5. The maximum Gasteiger partial charge on any atom is 0.232 e. The molecule has 0 aliphatic carbocycles. The molecule has 0 fully saturated rings. The molecular formula is C12H8ClN3O2. The number of nitrogen functional groups attached to an aromatic ring is 1. The second-order valence-corrected chi connectivity index (χ2v) is 3.96. The summed E-state index contributed by atoms with van der Waals surface area (Å²) >= 11 is 5.74. The van der Waals surface area contributed by atoms with E-state index in [1.807, 2.05) is 18.2 Å². The van der Waals surface area contributed by atoms with Gasteiger partial charge >= 0.3 is 0 Å². The van der Waals surface area contributed by atoms with Crippen LogP contribution in [-0.2, 0) is 0 Å². The first-order valence-electron chi connectivity index (χ1n) is 5.18. The molecule has 3 aromatic heterocycles. The van der Waals surface area contributed by atoms with E-state index in [1.165, 1.54) is 0 Å². The zero-order valence-electron chi connectivity index (χ0n) is 9.13. The van der Waals surface area contributed by atoms with Crippen molar-refractivity contribution in [2.45, 2.75) is 0 Å². The Kier molecular flexibility index (Phi) is 2.53. The Bertz CT molecular complexity index is 676. The summed E-state index contributed by atoms with van der Waals surface area (Å²) in [7, 11) is 0. The quantitative estimate of drug-likeness (QED) is 0.766. The van der Waals surface area contributed by atoms with Gasteiger partial charge in [-0.25, -0.2) is 0 Å². The van der Waals surface area contributed by atoms with Gasteiger partial charge in [0.15, 0.2) is 16.7 Å². The highest BCUT2D eigenvalue weighted by Crippen LogP contribution is 2.36. The van der Waals surface area contributed by atoms with E-state index in [9.17, 15) is 0 Å². The van der Waals surface area contributed by atoms with Gasteiger partial charge in [-0.05, 0) is 35.9 Å². The van der Waals surface area contributed by atoms with Crippen LogP contribution in [-0.4, -0.2) is 10.1 Å². The normalized spacial score (nSPS) is 10.7. The van der Waals surface area contributed by atoms with Gasteiger partial charge in [-0.2, -0.15) is 0 Å². The Balaban J connectivity index is 2.18. The summed E-state index contributed by atoms with van der Waals surface area (Å²) < 4.78 is 10.3. The molecule has 90 valence electrons. The van der Waals surface area contributed by atoms with E-state index >= 15 is 0 Å². The molecule has 0 saturated heterocycles. The van der Waals surface area contributed by atoms with Gasteiger partial charge in [-0.1, -0.05) is 11.2 Å². The summed E-state index contributed by atoms with van der Waals surface area (Å²) in [5.74, 6) is 0.678. The molecule has 3 heterocycles. The molecule has 0 unspecified atom stereocenters. The van der Waals surface area contributed by atoms with Gasteiger partial charge in [0, 0.05) is 6.20 Å². The Labute approximate surface area is 107 Å². The number of hydrogen-bond acceptors (Lipinski definition) is 5. The lowest BCUT2D eigenvalue weighted by Gasteiger charge is -1.98. The molecule has 5 nitrogen and oxygen atoms in total. The molecule has 0 radical (unpaired) electrons. The third kappa shape index (κ3) is 1.74. The molecule has 0 bridgehead atoms. The van der Waals surface area contributed by atoms with Gasteiger partial charge in [0.1, 0.15) is 0 Å². The van der Waals surface area contributed by atoms with E-state index in [1.54, 1.807) is 18.3 Å². The lowest BCUT2D eigenvalue weighted by atomic mass is 10.1. The number of halogens is 1. The van der Waals surface area contributed by atoms with Crippen LogP contribution in [0.1, 0.15) is 0 Å². The van der Waals surface area contributed by atoms with Crippen molar-refractivity contribution < 1.29 is 8.94 Å². The van der Waals surface area contributed by atoms with Crippen molar-refractivity contribution in [2.75, 3.05) is 5.73 Å². The van der Waals surface area contributed by atoms with Crippen LogP contribution in [0.2, 0.25) is 5.22 Å². The first kappa shape index (κ1) is 10.9. The second-order valence-electron chi connectivity index (χ2n) is 3.59. The minimum Gasteiger partial charge on any atom is -0.443 e. The largest absolute Gasteiger partial charge is 0.443 e. The van der Waals surface area contributed by atoms with Crippen LogP contribution >= 0.6 is 11.6 Å². The highest BCUT2D eigenvalue weighted by Gasteiger charge is 2.20. The molecule has 3 rings (SSSR count). The Morgan fingerprint density at radius 1 is 1.17 bits per heavy atom. The standard InChI is InChI=1S/C12H8ClN3O2/c13-9-5-4-8(17-9)11-10(12(14)18-16-11)7-3-1-2-6-15-7/h1-6H,14H2. The van der Waals surface area contributed by atoms with E-state index in [0.29, 0.717) is 22.7 Å². The molecule has 2 N–H and O–H groups in total. The van der Waals surface area contributed by atoms with Crippen molar-refractivity contribution in [1.29, 1.82) is 0 Å². The minimum absolute atomic E-state index is 0.191. The average molecular weight is 262 g/mol. The van der Waals surface area contributed by atoms with Crippen LogP contribution in [0.25, 0.3) is 22.7 Å². The molecule has 0 saturated carbocycles. The van der Waals surface area contributed by atoms with Gasteiger partial charge in [-0.15, -0.1) is 0 Å². The molecule has 0 amide bonds. The summed E-state index contributed by atoms with van der Waals surface area (Å²) in [4.78, 5) is 4.22. The van der Waals surface area contributed by atoms with Crippen LogP contribution in [0.15, 0.2) is 45.5 Å². The topological polar surface area (TPSA) is 78.1 Å². The Hall–Kier alpha value is -2.27. The summed E-state index contributed by atoms with van der Waals surface area (Å²) in [6.45, 7) is 0. The van der Waals surface area contributed by atoms with Crippen molar-refractivity contribution in [3.63, 3.8) is 0 Å². The third-order valence-corrected chi connectivity index (χ3v) is 2.65. The zero-order valence-corrected chi connectivity index (χ0v) is 9.89. The van der Waals surface area contributed by atoms with Crippen LogP contribution in [0.4, 0.5) is 5.88 Å². The predicted octanol–water partition coefficient (Wildman–Crippen LogP) is 3.23. The van der Waals surface area contributed by atoms with Gasteiger partial charge in [0.05, 0.1) is 11.3 Å². The van der Waals surface area contributed by atoms with Crippen LogP contribution in [0.5, 0.6) is 0 Å². The number of hydrogen-bond donors (Lipinski definition) is 1. The lowest BCUT2D eigenvalue weighted by Crippen LogP contribution is -1.89. The number of furan rings is 1. The van der Waals surface area contributed by atoms with Gasteiger partial charge in [0.2, 0.25) is 5.88 Å². The highest BCUT2D eigenvalue weighted by molar-refractivity contribution is 6.29. The molecule has 3 aromatic rings. The molecular weight excluding hydrogens is 254 g/mol. The fourth-order valence-electron chi connectivity index (χ4n) is 1.67. The number of pyridine rings is 1. The second kappa shape index (κ2) is 4.19. The van der Waals surface area contributed by atoms with Crippen LogP contribution in [0.3, 0.4) is 0 Å². The smallest absolute Gasteiger partial charge is 0.232 e. The number of anilines is 1. The van der Waals surface area contributed by atoms with E-state index in [0.717, 1.165) is 0 Å². The minimum atomic E-state index is 0.191. The fraction of sp³-hybridized carbons (Fsp3) is 0. The van der Waals surface area contributed by atoms with Crippen molar-refractivity contribution >= 4 is 17.5 Å². The van der Waals surface area contributed by atoms with Crippen LogP contribution < -0.4 is 5.73 Å². The molecule has 0 aromatic carbocycles.